The van der Waals surface area contributed by atoms with Gasteiger partial charge in [0, 0.05) is 31.4 Å². The van der Waals surface area contributed by atoms with E-state index >= 15 is 0 Å². The summed E-state index contributed by atoms with van der Waals surface area (Å²) in [6.45, 7) is 5.06. The Kier molecular flexibility index (Phi) is 6.03. The highest BCUT2D eigenvalue weighted by Crippen LogP contribution is 2.18. The fourth-order valence-corrected chi connectivity index (χ4v) is 3.09. The minimum absolute atomic E-state index is 0.138. The van der Waals surface area contributed by atoms with Gasteiger partial charge < -0.3 is 15.5 Å². The Hall–Kier alpha value is -3.22. The van der Waals surface area contributed by atoms with Gasteiger partial charge >= 0.3 is 0 Å². The maximum Gasteiger partial charge on any atom is 0.274 e. The number of anilines is 2. The molecular formula is C21H24N4O3. The number of aromatic nitrogens is 1. The lowest BCUT2D eigenvalue weighted by Gasteiger charge is -2.30. The van der Waals surface area contributed by atoms with Gasteiger partial charge in [0.05, 0.1) is 0 Å². The molecule has 28 heavy (non-hydrogen) atoms. The minimum Gasteiger partial charge on any atom is -0.337 e. The molecule has 3 amide bonds. The number of carbonyl (C=O) groups excluding carboxylic acids is 3. The fraction of sp³-hybridized carbons (Fsp3) is 0.333. The van der Waals surface area contributed by atoms with E-state index in [0.717, 1.165) is 25.9 Å². The molecule has 1 saturated heterocycles. The Labute approximate surface area is 164 Å². The van der Waals surface area contributed by atoms with Gasteiger partial charge in [0.15, 0.2) is 0 Å². The van der Waals surface area contributed by atoms with Gasteiger partial charge in [-0.3, -0.25) is 14.4 Å². The molecule has 1 aromatic carbocycles. The first-order valence-corrected chi connectivity index (χ1v) is 9.37. The summed E-state index contributed by atoms with van der Waals surface area (Å²) in [7, 11) is 0. The Morgan fingerprint density at radius 3 is 2.11 bits per heavy atom. The van der Waals surface area contributed by atoms with Gasteiger partial charge in [-0.1, -0.05) is 13.0 Å². The molecule has 0 atom stereocenters. The zero-order valence-electron chi connectivity index (χ0n) is 16.1. The van der Waals surface area contributed by atoms with E-state index in [2.05, 4.69) is 22.5 Å². The normalized spacial score (nSPS) is 14.4. The molecule has 0 spiro atoms. The van der Waals surface area contributed by atoms with Crippen LogP contribution in [0.15, 0.2) is 42.5 Å². The van der Waals surface area contributed by atoms with Gasteiger partial charge in [0.25, 0.3) is 11.8 Å². The highest BCUT2D eigenvalue weighted by atomic mass is 16.2. The number of piperidine rings is 1. The lowest BCUT2D eigenvalue weighted by molar-refractivity contribution is -0.114. The van der Waals surface area contributed by atoms with Crippen LogP contribution in [0.2, 0.25) is 0 Å². The first-order chi connectivity index (χ1) is 13.4. The van der Waals surface area contributed by atoms with E-state index in [4.69, 9.17) is 0 Å². The monoisotopic (exact) mass is 380 g/mol. The molecule has 1 aliphatic rings. The molecular weight excluding hydrogens is 356 g/mol. The maximum absolute atomic E-state index is 12.7. The molecule has 1 aliphatic heterocycles. The average Bonchev–Trinajstić information content (AvgIpc) is 2.69. The molecule has 3 rings (SSSR count). The predicted molar refractivity (Wildman–Crippen MR) is 107 cm³/mol. The van der Waals surface area contributed by atoms with Crippen molar-refractivity contribution in [2.45, 2.75) is 26.7 Å². The van der Waals surface area contributed by atoms with Crippen molar-refractivity contribution in [3.05, 3.63) is 53.9 Å². The third-order valence-corrected chi connectivity index (χ3v) is 4.73. The number of pyridine rings is 1. The Morgan fingerprint density at radius 1 is 0.929 bits per heavy atom. The van der Waals surface area contributed by atoms with E-state index in [1.165, 1.54) is 6.92 Å². The lowest BCUT2D eigenvalue weighted by Crippen LogP contribution is -2.38. The number of likely N-dealkylation sites (tertiary alicyclic amines) is 1. The zero-order valence-corrected chi connectivity index (χ0v) is 16.1. The average molecular weight is 380 g/mol. The second-order valence-electron chi connectivity index (χ2n) is 7.10. The van der Waals surface area contributed by atoms with E-state index in [0.29, 0.717) is 17.3 Å². The van der Waals surface area contributed by atoms with Gasteiger partial charge in [-0.25, -0.2) is 4.98 Å². The van der Waals surface area contributed by atoms with Gasteiger partial charge in [0.1, 0.15) is 11.4 Å². The van der Waals surface area contributed by atoms with Crippen molar-refractivity contribution in [2.24, 2.45) is 5.92 Å². The Balaban J connectivity index is 1.66. The van der Waals surface area contributed by atoms with Crippen LogP contribution in [0, 0.1) is 5.92 Å². The highest BCUT2D eigenvalue weighted by Gasteiger charge is 2.23. The summed E-state index contributed by atoms with van der Waals surface area (Å²) in [6, 6.07) is 11.7. The quantitative estimate of drug-likeness (QED) is 0.852. The van der Waals surface area contributed by atoms with Crippen LogP contribution < -0.4 is 10.6 Å². The molecule has 7 heteroatoms. The molecule has 1 aromatic heterocycles. The summed E-state index contributed by atoms with van der Waals surface area (Å²) >= 11 is 0. The SMILES string of the molecule is CC(=O)Nc1ccc(NC(=O)c2cccc(C(=O)N3CCC(C)CC3)n2)cc1. The van der Waals surface area contributed by atoms with Crippen LogP contribution in [0.1, 0.15) is 47.7 Å². The largest absolute Gasteiger partial charge is 0.337 e. The minimum atomic E-state index is -0.394. The smallest absolute Gasteiger partial charge is 0.274 e. The Bertz CT molecular complexity index is 871. The van der Waals surface area contributed by atoms with E-state index in [9.17, 15) is 14.4 Å². The first-order valence-electron chi connectivity index (χ1n) is 9.37. The van der Waals surface area contributed by atoms with Crippen LogP contribution in [0.3, 0.4) is 0 Å². The summed E-state index contributed by atoms with van der Waals surface area (Å²) in [6.07, 6.45) is 1.97. The third kappa shape index (κ3) is 4.94. The summed E-state index contributed by atoms with van der Waals surface area (Å²) in [5.41, 5.74) is 1.68. The molecule has 146 valence electrons. The molecule has 1 fully saturated rings. The molecule has 0 unspecified atom stereocenters. The van der Waals surface area contributed by atoms with E-state index in [-0.39, 0.29) is 23.2 Å². The summed E-state index contributed by atoms with van der Waals surface area (Å²) in [4.78, 5) is 42.3. The van der Waals surface area contributed by atoms with Gasteiger partial charge in [-0.15, -0.1) is 0 Å². The summed E-state index contributed by atoms with van der Waals surface area (Å²) < 4.78 is 0. The number of rotatable bonds is 4. The van der Waals surface area contributed by atoms with Crippen molar-refractivity contribution >= 4 is 29.1 Å². The van der Waals surface area contributed by atoms with Crippen LogP contribution in [0.5, 0.6) is 0 Å². The standard InChI is InChI=1S/C21H24N4O3/c1-14-10-12-25(13-11-14)21(28)19-5-3-4-18(24-19)20(27)23-17-8-6-16(7-9-17)22-15(2)26/h3-9,14H,10-13H2,1-2H3,(H,22,26)(H,23,27). The molecule has 2 N–H and O–H groups in total. The molecule has 0 saturated carbocycles. The number of nitrogens with one attached hydrogen (secondary N) is 2. The van der Waals surface area contributed by atoms with Gasteiger partial charge in [-0.05, 0) is 55.2 Å². The number of amides is 3. The zero-order chi connectivity index (χ0) is 20.1. The lowest BCUT2D eigenvalue weighted by atomic mass is 9.99. The summed E-state index contributed by atoms with van der Waals surface area (Å²) in [5, 5.41) is 5.42. The molecule has 0 bridgehead atoms. The second-order valence-corrected chi connectivity index (χ2v) is 7.10. The van der Waals surface area contributed by atoms with Crippen LogP contribution in [-0.2, 0) is 4.79 Å². The number of carbonyl (C=O) groups is 3. The van der Waals surface area contributed by atoms with Crippen molar-refractivity contribution in [1.82, 2.24) is 9.88 Å². The number of hydrogen-bond donors (Lipinski definition) is 2. The van der Waals surface area contributed by atoms with Crippen molar-refractivity contribution in [1.29, 1.82) is 0 Å². The van der Waals surface area contributed by atoms with Crippen LogP contribution in [0.4, 0.5) is 11.4 Å². The number of benzene rings is 1. The first kappa shape index (κ1) is 19.5. The second kappa shape index (κ2) is 8.65. The number of hydrogen-bond acceptors (Lipinski definition) is 4. The van der Waals surface area contributed by atoms with Crippen molar-refractivity contribution in [3.63, 3.8) is 0 Å². The molecule has 2 heterocycles. The van der Waals surface area contributed by atoms with Crippen LogP contribution in [0.25, 0.3) is 0 Å². The molecule has 2 aromatic rings. The van der Waals surface area contributed by atoms with Gasteiger partial charge in [-0.2, -0.15) is 0 Å². The van der Waals surface area contributed by atoms with E-state index < -0.39 is 5.91 Å². The molecule has 0 radical (unpaired) electrons. The van der Waals surface area contributed by atoms with Crippen molar-refractivity contribution < 1.29 is 14.4 Å². The van der Waals surface area contributed by atoms with Crippen LogP contribution >= 0.6 is 0 Å². The number of nitrogens with zero attached hydrogens (tertiary/aromatic N) is 2. The summed E-state index contributed by atoms with van der Waals surface area (Å²) in [5.74, 6) is -0.0628. The van der Waals surface area contributed by atoms with E-state index in [1.807, 2.05) is 0 Å². The topological polar surface area (TPSA) is 91.4 Å². The predicted octanol–water partition coefficient (Wildman–Crippen LogP) is 3.16. The molecule has 7 nitrogen and oxygen atoms in total. The van der Waals surface area contributed by atoms with Gasteiger partial charge in [0.2, 0.25) is 5.91 Å². The maximum atomic E-state index is 12.7. The van der Waals surface area contributed by atoms with Crippen molar-refractivity contribution in [3.8, 4) is 0 Å². The van der Waals surface area contributed by atoms with Crippen LogP contribution in [-0.4, -0.2) is 40.7 Å². The third-order valence-electron chi connectivity index (χ3n) is 4.73. The molecule has 0 aliphatic carbocycles. The van der Waals surface area contributed by atoms with E-state index in [1.54, 1.807) is 47.4 Å². The van der Waals surface area contributed by atoms with Crippen molar-refractivity contribution in [2.75, 3.05) is 23.7 Å². The fourth-order valence-electron chi connectivity index (χ4n) is 3.09. The highest BCUT2D eigenvalue weighted by molar-refractivity contribution is 6.04. The Morgan fingerprint density at radius 2 is 1.50 bits per heavy atom.